The largest absolute Gasteiger partial charge is 0.506 e. The van der Waals surface area contributed by atoms with E-state index in [1.165, 1.54) is 0 Å². The van der Waals surface area contributed by atoms with Crippen LogP contribution in [-0.2, 0) is 22.4 Å². The Bertz CT molecular complexity index is 584. The molecular weight excluding hydrogens is 304 g/mol. The summed E-state index contributed by atoms with van der Waals surface area (Å²) in [5.74, 6) is 0.261. The molecule has 2 rings (SSSR count). The maximum absolute atomic E-state index is 11.8. The number of hydrogen-bond donors (Lipinski definition) is 1. The fourth-order valence-corrected chi connectivity index (χ4v) is 1.97. The van der Waals surface area contributed by atoms with Gasteiger partial charge in [-0.15, -0.1) is 0 Å². The van der Waals surface area contributed by atoms with Gasteiger partial charge < -0.3 is 9.84 Å². The second-order valence-corrected chi connectivity index (χ2v) is 6.34. The molecule has 0 atom stereocenters. The molecule has 0 saturated heterocycles. The highest BCUT2D eigenvalue weighted by Crippen LogP contribution is 2.06. The first-order valence-corrected chi connectivity index (χ1v) is 7.78. The number of carbonyl (C=O) groups excluding carboxylic acids is 1. The third-order valence-corrected chi connectivity index (χ3v) is 2.88. The maximum Gasteiger partial charge on any atom is 0.506 e. The number of ketones is 1. The van der Waals surface area contributed by atoms with Crippen molar-refractivity contribution in [2.24, 2.45) is 0 Å². The minimum absolute atomic E-state index is 0.261. The monoisotopic (exact) mass is 328 g/mol. The number of rotatable bonds is 4. The Morgan fingerprint density at radius 2 is 1.21 bits per heavy atom. The molecule has 0 amide bonds. The molecule has 24 heavy (non-hydrogen) atoms. The van der Waals surface area contributed by atoms with E-state index in [1.54, 1.807) is 20.8 Å². The zero-order valence-corrected chi connectivity index (χ0v) is 14.4. The lowest BCUT2D eigenvalue weighted by Gasteiger charge is -2.15. The molecule has 2 aromatic rings. The molecule has 0 unspecified atom stereocenters. The summed E-state index contributed by atoms with van der Waals surface area (Å²) in [7, 11) is 0. The highest BCUT2D eigenvalue weighted by molar-refractivity contribution is 5.83. The normalized spacial score (nSPS) is 10.3. The van der Waals surface area contributed by atoms with Crippen LogP contribution in [0, 0.1) is 0 Å². The van der Waals surface area contributed by atoms with Crippen molar-refractivity contribution < 1.29 is 19.4 Å². The third-order valence-electron chi connectivity index (χ3n) is 2.88. The highest BCUT2D eigenvalue weighted by atomic mass is 16.7. The third kappa shape index (κ3) is 9.41. The van der Waals surface area contributed by atoms with Crippen LogP contribution < -0.4 is 0 Å². The summed E-state index contributed by atoms with van der Waals surface area (Å²) in [4.78, 5) is 21.6. The second kappa shape index (κ2) is 9.50. The Kier molecular flexibility index (Phi) is 7.69. The molecule has 4 heteroatoms. The first-order chi connectivity index (χ1) is 11.3. The van der Waals surface area contributed by atoms with Gasteiger partial charge in [0.25, 0.3) is 0 Å². The van der Waals surface area contributed by atoms with Gasteiger partial charge in [-0.3, -0.25) is 4.79 Å². The summed E-state index contributed by atoms with van der Waals surface area (Å²) in [5.41, 5.74) is 1.60. The SMILES string of the molecule is CC(C)(C)OC(=O)O.O=C(Cc1ccccc1)Cc1ccccc1. The number of carboxylic acid groups (broad SMARTS) is 1. The van der Waals surface area contributed by atoms with Crippen LogP contribution in [0.4, 0.5) is 4.79 Å². The lowest BCUT2D eigenvalue weighted by molar-refractivity contribution is -0.117. The van der Waals surface area contributed by atoms with Crippen LogP contribution >= 0.6 is 0 Å². The van der Waals surface area contributed by atoms with Crippen molar-refractivity contribution in [1.82, 2.24) is 0 Å². The quantitative estimate of drug-likeness (QED) is 0.838. The molecule has 1 N–H and O–H groups in total. The fourth-order valence-electron chi connectivity index (χ4n) is 1.97. The molecule has 4 nitrogen and oxygen atoms in total. The summed E-state index contributed by atoms with van der Waals surface area (Å²) in [5, 5.41) is 8.03. The molecule has 0 saturated carbocycles. The standard InChI is InChI=1S/C15H14O.C5H10O3/c16-15(11-13-7-3-1-4-8-13)12-14-9-5-2-6-10-14;1-5(2,3)8-4(6)7/h1-10H,11-12H2;1-3H3,(H,6,7). The summed E-state index contributed by atoms with van der Waals surface area (Å²) in [6, 6.07) is 19.7. The predicted octanol–water partition coefficient (Wildman–Crippen LogP) is 4.52. The van der Waals surface area contributed by atoms with Gasteiger partial charge >= 0.3 is 6.16 Å². The molecule has 0 heterocycles. The Morgan fingerprint density at radius 1 is 0.833 bits per heavy atom. The van der Waals surface area contributed by atoms with Crippen LogP contribution in [0.25, 0.3) is 0 Å². The van der Waals surface area contributed by atoms with Gasteiger partial charge in [-0.1, -0.05) is 60.7 Å². The molecular formula is C20H24O4. The number of Topliss-reactive ketones (excluding diaryl/α,β-unsaturated/α-hetero) is 1. The Hall–Kier alpha value is -2.62. The van der Waals surface area contributed by atoms with Gasteiger partial charge in [0.2, 0.25) is 0 Å². The lowest BCUT2D eigenvalue weighted by atomic mass is 10.0. The van der Waals surface area contributed by atoms with Crippen molar-refractivity contribution in [3.8, 4) is 0 Å². The average molecular weight is 328 g/mol. The minimum Gasteiger partial charge on any atom is -0.450 e. The molecule has 128 valence electrons. The number of ether oxygens (including phenoxy) is 1. The van der Waals surface area contributed by atoms with Gasteiger partial charge in [-0.2, -0.15) is 0 Å². The van der Waals surface area contributed by atoms with Crippen molar-refractivity contribution in [1.29, 1.82) is 0 Å². The van der Waals surface area contributed by atoms with Gasteiger partial charge in [-0.25, -0.2) is 4.79 Å². The van der Waals surface area contributed by atoms with Gasteiger partial charge in [-0.05, 0) is 31.9 Å². The summed E-state index contributed by atoms with van der Waals surface area (Å²) < 4.78 is 4.35. The number of hydrogen-bond acceptors (Lipinski definition) is 3. The molecule has 2 aromatic carbocycles. The van der Waals surface area contributed by atoms with Crippen molar-refractivity contribution in [2.75, 3.05) is 0 Å². The van der Waals surface area contributed by atoms with Gasteiger partial charge in [0.05, 0.1) is 0 Å². The first kappa shape index (κ1) is 19.4. The van der Waals surface area contributed by atoms with Crippen molar-refractivity contribution in [3.63, 3.8) is 0 Å². The van der Waals surface area contributed by atoms with E-state index in [2.05, 4.69) is 4.74 Å². The molecule has 0 aromatic heterocycles. The van der Waals surface area contributed by atoms with Crippen LogP contribution in [0.15, 0.2) is 60.7 Å². The van der Waals surface area contributed by atoms with Gasteiger partial charge in [0.1, 0.15) is 11.4 Å². The summed E-state index contributed by atoms with van der Waals surface area (Å²) in [6.07, 6.45) is -0.177. The van der Waals surface area contributed by atoms with E-state index in [1.807, 2.05) is 60.7 Å². The van der Waals surface area contributed by atoms with E-state index in [0.717, 1.165) is 11.1 Å². The van der Waals surface area contributed by atoms with Crippen LogP contribution in [0.1, 0.15) is 31.9 Å². The van der Waals surface area contributed by atoms with Gasteiger partial charge in [0, 0.05) is 12.8 Å². The van der Waals surface area contributed by atoms with E-state index in [4.69, 9.17) is 5.11 Å². The van der Waals surface area contributed by atoms with E-state index < -0.39 is 11.8 Å². The average Bonchev–Trinajstić information content (AvgIpc) is 2.47. The van der Waals surface area contributed by atoms with Crippen molar-refractivity contribution >= 4 is 11.9 Å². The van der Waals surface area contributed by atoms with E-state index >= 15 is 0 Å². The number of benzene rings is 2. The number of carbonyl (C=O) groups is 2. The van der Waals surface area contributed by atoms with Gasteiger partial charge in [0.15, 0.2) is 0 Å². The van der Waals surface area contributed by atoms with E-state index in [0.29, 0.717) is 12.8 Å². The summed E-state index contributed by atoms with van der Waals surface area (Å²) in [6.45, 7) is 5.04. The Labute approximate surface area is 143 Å². The Balaban J connectivity index is 0.000000307. The zero-order chi connectivity index (χ0) is 18.0. The van der Waals surface area contributed by atoms with Crippen LogP contribution in [0.2, 0.25) is 0 Å². The highest BCUT2D eigenvalue weighted by Gasteiger charge is 2.14. The molecule has 0 fully saturated rings. The molecule has 0 spiro atoms. The maximum atomic E-state index is 11.8. The van der Waals surface area contributed by atoms with Crippen LogP contribution in [-0.4, -0.2) is 22.6 Å². The second-order valence-electron chi connectivity index (χ2n) is 6.34. The Morgan fingerprint density at radius 3 is 1.46 bits per heavy atom. The zero-order valence-electron chi connectivity index (χ0n) is 14.4. The smallest absolute Gasteiger partial charge is 0.450 e. The van der Waals surface area contributed by atoms with E-state index in [9.17, 15) is 9.59 Å². The minimum atomic E-state index is -1.22. The van der Waals surface area contributed by atoms with E-state index in [-0.39, 0.29) is 5.78 Å². The van der Waals surface area contributed by atoms with Crippen LogP contribution in [0.3, 0.4) is 0 Å². The molecule has 0 aliphatic carbocycles. The topological polar surface area (TPSA) is 63.6 Å². The lowest BCUT2D eigenvalue weighted by Crippen LogP contribution is -2.22. The van der Waals surface area contributed by atoms with Crippen LogP contribution in [0.5, 0.6) is 0 Å². The van der Waals surface area contributed by atoms with Crippen molar-refractivity contribution in [3.05, 3.63) is 71.8 Å². The fraction of sp³-hybridized carbons (Fsp3) is 0.300. The summed E-state index contributed by atoms with van der Waals surface area (Å²) >= 11 is 0. The molecule has 0 radical (unpaired) electrons. The van der Waals surface area contributed by atoms with Crippen molar-refractivity contribution in [2.45, 2.75) is 39.2 Å². The first-order valence-electron chi connectivity index (χ1n) is 7.78. The molecule has 0 bridgehead atoms. The molecule has 0 aliphatic heterocycles. The predicted molar refractivity (Wildman–Crippen MR) is 94.2 cm³/mol. The molecule has 0 aliphatic rings.